The Balaban J connectivity index is 1.49. The Morgan fingerprint density at radius 2 is 2.30 bits per heavy atom. The summed E-state index contributed by atoms with van der Waals surface area (Å²) in [6, 6.07) is 2.89. The summed E-state index contributed by atoms with van der Waals surface area (Å²) in [5, 5.41) is 7.82. The van der Waals surface area contributed by atoms with Gasteiger partial charge < -0.3 is 9.80 Å². The van der Waals surface area contributed by atoms with Gasteiger partial charge in [0.15, 0.2) is 0 Å². The molecule has 0 radical (unpaired) electrons. The molecule has 108 valence electrons. The summed E-state index contributed by atoms with van der Waals surface area (Å²) in [5.74, 6) is 0.317. The fourth-order valence-corrected chi connectivity index (χ4v) is 3.84. The minimum atomic E-state index is -0.218. The molecule has 1 N–H and O–H groups in total. The van der Waals surface area contributed by atoms with Gasteiger partial charge in [0, 0.05) is 19.1 Å². The van der Waals surface area contributed by atoms with Crippen molar-refractivity contribution in [2.45, 2.75) is 43.4 Å². The molecule has 0 aromatic carbocycles. The van der Waals surface area contributed by atoms with E-state index >= 15 is 0 Å². The van der Waals surface area contributed by atoms with E-state index in [4.69, 9.17) is 0 Å². The lowest BCUT2D eigenvalue weighted by Gasteiger charge is -2.26. The van der Waals surface area contributed by atoms with Crippen LogP contribution in [0.3, 0.4) is 0 Å². The number of hydrogen-bond donors (Lipinski definition) is 1. The van der Waals surface area contributed by atoms with E-state index in [0.717, 1.165) is 32.0 Å². The van der Waals surface area contributed by atoms with Crippen LogP contribution in [0.4, 0.5) is 0 Å². The van der Waals surface area contributed by atoms with Crippen molar-refractivity contribution >= 4 is 17.2 Å². The minimum absolute atomic E-state index is 0.0869. The van der Waals surface area contributed by atoms with Gasteiger partial charge in [-0.05, 0) is 55.1 Å². The Labute approximate surface area is 123 Å². The molecule has 1 unspecified atom stereocenters. The first-order valence-corrected chi connectivity index (χ1v) is 8.45. The highest BCUT2D eigenvalue weighted by Crippen LogP contribution is 2.46. The van der Waals surface area contributed by atoms with E-state index in [0.29, 0.717) is 5.91 Å². The molecule has 2 saturated carbocycles. The van der Waals surface area contributed by atoms with Gasteiger partial charge in [0.25, 0.3) is 0 Å². The van der Waals surface area contributed by atoms with Crippen LogP contribution >= 0.6 is 11.3 Å². The number of carbonyl (C=O) groups excluding carboxylic acids is 1. The zero-order chi connectivity index (χ0) is 13.7. The molecule has 5 heteroatoms. The monoisotopic (exact) mass is 291 g/mol. The Hall–Kier alpha value is -0.910. The van der Waals surface area contributed by atoms with Crippen molar-refractivity contribution in [3.63, 3.8) is 0 Å². The van der Waals surface area contributed by atoms with E-state index in [9.17, 15) is 4.79 Å². The molecule has 1 spiro atoms. The molecule has 1 aromatic heterocycles. The number of thiophene rings is 1. The molecule has 2 heterocycles. The third kappa shape index (κ3) is 2.08. The molecule has 1 aliphatic heterocycles. The van der Waals surface area contributed by atoms with E-state index in [1.807, 2.05) is 0 Å². The molecule has 1 amide bonds. The standard InChI is InChI=1S/C15H21N3OS/c1-17(12-2-3-12)7-8-18-13(11-4-9-20-10-11)16-15(5-6-15)14(18)19/h4,9-10,12-13,16H,2-3,5-8H2,1H3. The maximum atomic E-state index is 12.6. The summed E-state index contributed by atoms with van der Waals surface area (Å²) < 4.78 is 0. The zero-order valence-electron chi connectivity index (χ0n) is 11.8. The molecule has 20 heavy (non-hydrogen) atoms. The van der Waals surface area contributed by atoms with Crippen LogP contribution in [0.15, 0.2) is 16.8 Å². The number of likely N-dealkylation sites (N-methyl/N-ethyl adjacent to an activating group) is 1. The number of amides is 1. The van der Waals surface area contributed by atoms with Crippen molar-refractivity contribution in [2.24, 2.45) is 0 Å². The zero-order valence-corrected chi connectivity index (χ0v) is 12.7. The van der Waals surface area contributed by atoms with E-state index in [2.05, 4.69) is 39.0 Å². The summed E-state index contributed by atoms with van der Waals surface area (Å²) in [6.45, 7) is 1.82. The quantitative estimate of drug-likeness (QED) is 0.898. The average molecular weight is 291 g/mol. The van der Waals surface area contributed by atoms with Crippen molar-refractivity contribution in [3.05, 3.63) is 22.4 Å². The summed E-state index contributed by atoms with van der Waals surface area (Å²) in [6.07, 6.45) is 4.73. The third-order valence-electron chi connectivity index (χ3n) is 4.87. The van der Waals surface area contributed by atoms with Gasteiger partial charge in [-0.3, -0.25) is 10.1 Å². The first-order chi connectivity index (χ1) is 9.70. The molecule has 2 aliphatic carbocycles. The van der Waals surface area contributed by atoms with E-state index < -0.39 is 0 Å². The normalized spacial score (nSPS) is 27.8. The van der Waals surface area contributed by atoms with Crippen LogP contribution in [0.1, 0.15) is 37.4 Å². The maximum absolute atomic E-state index is 12.6. The van der Waals surface area contributed by atoms with Gasteiger partial charge in [-0.1, -0.05) is 0 Å². The highest BCUT2D eigenvalue weighted by Gasteiger charge is 2.59. The van der Waals surface area contributed by atoms with Crippen molar-refractivity contribution in [1.82, 2.24) is 15.1 Å². The van der Waals surface area contributed by atoms with Crippen molar-refractivity contribution in [1.29, 1.82) is 0 Å². The lowest BCUT2D eigenvalue weighted by atomic mass is 10.2. The molecule has 3 aliphatic rings. The van der Waals surface area contributed by atoms with Crippen LogP contribution in [-0.2, 0) is 4.79 Å². The van der Waals surface area contributed by atoms with Crippen LogP contribution in [0.5, 0.6) is 0 Å². The minimum Gasteiger partial charge on any atom is -0.320 e. The number of carbonyl (C=O) groups is 1. The molecule has 0 bridgehead atoms. The van der Waals surface area contributed by atoms with Crippen LogP contribution < -0.4 is 5.32 Å². The second kappa shape index (κ2) is 4.55. The van der Waals surface area contributed by atoms with Gasteiger partial charge in [-0.15, -0.1) is 0 Å². The van der Waals surface area contributed by atoms with E-state index in [-0.39, 0.29) is 11.7 Å². The fraction of sp³-hybridized carbons (Fsp3) is 0.667. The van der Waals surface area contributed by atoms with Gasteiger partial charge >= 0.3 is 0 Å². The van der Waals surface area contributed by atoms with Gasteiger partial charge in [0.2, 0.25) is 5.91 Å². The SMILES string of the molecule is CN(CCN1C(=O)C2(CC2)NC1c1ccsc1)C1CC1. The Morgan fingerprint density at radius 1 is 1.50 bits per heavy atom. The second-order valence-electron chi connectivity index (χ2n) is 6.40. The fourth-order valence-electron chi connectivity index (χ4n) is 3.16. The van der Waals surface area contributed by atoms with E-state index in [1.165, 1.54) is 18.4 Å². The van der Waals surface area contributed by atoms with Crippen LogP contribution in [-0.4, -0.2) is 47.4 Å². The predicted molar refractivity (Wildman–Crippen MR) is 79.5 cm³/mol. The van der Waals surface area contributed by atoms with Crippen molar-refractivity contribution in [2.75, 3.05) is 20.1 Å². The molecule has 4 rings (SSSR count). The predicted octanol–water partition coefficient (Wildman–Crippen LogP) is 1.81. The lowest BCUT2D eigenvalue weighted by Crippen LogP contribution is -2.38. The van der Waals surface area contributed by atoms with Crippen molar-refractivity contribution in [3.8, 4) is 0 Å². The molecule has 3 fully saturated rings. The molecule has 1 saturated heterocycles. The molecule has 1 aromatic rings. The van der Waals surface area contributed by atoms with Crippen molar-refractivity contribution < 1.29 is 4.79 Å². The van der Waals surface area contributed by atoms with Crippen LogP contribution in [0.2, 0.25) is 0 Å². The van der Waals surface area contributed by atoms with Gasteiger partial charge in [0.05, 0.1) is 0 Å². The third-order valence-corrected chi connectivity index (χ3v) is 5.57. The Morgan fingerprint density at radius 3 is 2.90 bits per heavy atom. The summed E-state index contributed by atoms with van der Waals surface area (Å²) in [7, 11) is 2.18. The van der Waals surface area contributed by atoms with Gasteiger partial charge in [0.1, 0.15) is 11.7 Å². The summed E-state index contributed by atoms with van der Waals surface area (Å²) in [5.41, 5.74) is 1.02. The topological polar surface area (TPSA) is 35.6 Å². The Kier molecular flexibility index (Phi) is 2.91. The largest absolute Gasteiger partial charge is 0.320 e. The number of hydrogen-bond acceptors (Lipinski definition) is 4. The first-order valence-electron chi connectivity index (χ1n) is 7.51. The number of rotatable bonds is 5. The van der Waals surface area contributed by atoms with Gasteiger partial charge in [-0.2, -0.15) is 11.3 Å². The molecule has 1 atom stereocenters. The molecular formula is C15H21N3OS. The van der Waals surface area contributed by atoms with Crippen LogP contribution in [0, 0.1) is 0 Å². The summed E-state index contributed by atoms with van der Waals surface area (Å²) in [4.78, 5) is 17.1. The second-order valence-corrected chi connectivity index (χ2v) is 7.18. The Bertz CT molecular complexity index is 507. The van der Waals surface area contributed by atoms with E-state index in [1.54, 1.807) is 11.3 Å². The molecule has 4 nitrogen and oxygen atoms in total. The first kappa shape index (κ1) is 12.8. The summed E-state index contributed by atoms with van der Waals surface area (Å²) >= 11 is 1.70. The number of nitrogens with zero attached hydrogens (tertiary/aromatic N) is 2. The number of nitrogens with one attached hydrogen (secondary N) is 1. The molecular weight excluding hydrogens is 270 g/mol. The van der Waals surface area contributed by atoms with Gasteiger partial charge in [-0.25, -0.2) is 0 Å². The lowest BCUT2D eigenvalue weighted by molar-refractivity contribution is -0.131. The van der Waals surface area contributed by atoms with Crippen LogP contribution in [0.25, 0.3) is 0 Å². The maximum Gasteiger partial charge on any atom is 0.244 e. The average Bonchev–Trinajstić information content (AvgIpc) is 3.35. The smallest absolute Gasteiger partial charge is 0.244 e. The highest BCUT2D eigenvalue weighted by atomic mass is 32.1. The highest BCUT2D eigenvalue weighted by molar-refractivity contribution is 7.07.